The van der Waals surface area contributed by atoms with E-state index in [1.54, 1.807) is 0 Å². The van der Waals surface area contributed by atoms with E-state index in [0.29, 0.717) is 0 Å². The molecule has 1 aliphatic rings. The molecule has 1 aliphatic carbocycles. The van der Waals surface area contributed by atoms with Gasteiger partial charge in [-0.3, -0.25) is 4.79 Å². The van der Waals surface area contributed by atoms with Crippen molar-refractivity contribution in [1.29, 1.82) is 0 Å². The van der Waals surface area contributed by atoms with E-state index in [4.69, 9.17) is 5.73 Å². The molecule has 1 aromatic carbocycles. The van der Waals surface area contributed by atoms with E-state index in [-0.39, 0.29) is 23.2 Å². The molecule has 98 valence electrons. The Morgan fingerprint density at radius 3 is 2.61 bits per heavy atom. The smallest absolute Gasteiger partial charge is 0.403 e. The van der Waals surface area contributed by atoms with Crippen LogP contribution >= 0.6 is 0 Å². The molecule has 3 N–H and O–H groups in total. The zero-order valence-electron chi connectivity index (χ0n) is 9.25. The predicted octanol–water partition coefficient (Wildman–Crippen LogP) is 2.52. The fraction of sp³-hybridized carbons (Fsp3) is 0.364. The number of alkyl halides is 3. The molecule has 0 spiro atoms. The van der Waals surface area contributed by atoms with Gasteiger partial charge in [-0.05, 0) is 25.0 Å². The Labute approximate surface area is 101 Å². The van der Waals surface area contributed by atoms with Crippen molar-refractivity contribution in [3.8, 4) is 5.75 Å². The molecule has 18 heavy (non-hydrogen) atoms. The van der Waals surface area contributed by atoms with Crippen LogP contribution in [-0.4, -0.2) is 12.3 Å². The second-order valence-corrected chi connectivity index (χ2v) is 4.03. The van der Waals surface area contributed by atoms with Crippen LogP contribution in [0, 0.1) is 5.92 Å². The van der Waals surface area contributed by atoms with Crippen LogP contribution < -0.4 is 15.8 Å². The summed E-state index contributed by atoms with van der Waals surface area (Å²) in [5.74, 6) is -0.807. The third-order valence-electron chi connectivity index (χ3n) is 2.50. The molecule has 1 aromatic rings. The number of hydrogen-bond donors (Lipinski definition) is 2. The Bertz CT molecular complexity index is 470. The topological polar surface area (TPSA) is 64.3 Å². The number of anilines is 2. The van der Waals surface area contributed by atoms with Crippen LogP contribution in [0.1, 0.15) is 12.8 Å². The maximum atomic E-state index is 12.1. The minimum atomic E-state index is -4.81. The van der Waals surface area contributed by atoms with Gasteiger partial charge in [0.15, 0.2) is 5.75 Å². The largest absolute Gasteiger partial charge is 0.573 e. The van der Waals surface area contributed by atoms with Gasteiger partial charge in [-0.25, -0.2) is 0 Å². The molecule has 1 fully saturated rings. The summed E-state index contributed by atoms with van der Waals surface area (Å²) in [5, 5.41) is 2.49. The number of halogens is 3. The van der Waals surface area contributed by atoms with Crippen molar-refractivity contribution >= 4 is 17.3 Å². The van der Waals surface area contributed by atoms with E-state index in [9.17, 15) is 18.0 Å². The number of hydrogen-bond acceptors (Lipinski definition) is 3. The Balaban J connectivity index is 2.15. The van der Waals surface area contributed by atoms with Crippen molar-refractivity contribution in [2.75, 3.05) is 11.1 Å². The van der Waals surface area contributed by atoms with E-state index < -0.39 is 12.1 Å². The summed E-state index contributed by atoms with van der Waals surface area (Å²) in [6.45, 7) is 0. The van der Waals surface area contributed by atoms with Gasteiger partial charge in [0.2, 0.25) is 5.91 Å². The van der Waals surface area contributed by atoms with Gasteiger partial charge in [0, 0.05) is 5.92 Å². The van der Waals surface area contributed by atoms with Crippen LogP contribution in [0.5, 0.6) is 5.75 Å². The van der Waals surface area contributed by atoms with Gasteiger partial charge in [-0.15, -0.1) is 13.2 Å². The molecule has 0 aliphatic heterocycles. The highest BCUT2D eigenvalue weighted by Crippen LogP contribution is 2.35. The number of ether oxygens (including phenoxy) is 1. The minimum Gasteiger partial charge on any atom is -0.403 e. The van der Waals surface area contributed by atoms with Crippen LogP contribution in [0.2, 0.25) is 0 Å². The first kappa shape index (κ1) is 12.5. The van der Waals surface area contributed by atoms with E-state index in [2.05, 4.69) is 10.1 Å². The molecule has 7 heteroatoms. The third kappa shape index (κ3) is 3.06. The second-order valence-electron chi connectivity index (χ2n) is 4.03. The number of nitrogens with two attached hydrogens (primary N) is 1. The predicted molar refractivity (Wildman–Crippen MR) is 58.9 cm³/mol. The lowest BCUT2D eigenvalue weighted by molar-refractivity contribution is -0.274. The number of carbonyl (C=O) groups excluding carboxylic acids is 1. The lowest BCUT2D eigenvalue weighted by Gasteiger charge is -2.14. The molecular formula is C11H11F3N2O2. The molecule has 0 heterocycles. The fourth-order valence-corrected chi connectivity index (χ4v) is 1.45. The summed E-state index contributed by atoms with van der Waals surface area (Å²) in [6, 6.07) is 3.86. The highest BCUT2D eigenvalue weighted by Gasteiger charge is 2.33. The minimum absolute atomic E-state index is 0.0587. The van der Waals surface area contributed by atoms with E-state index in [1.807, 2.05) is 0 Å². The monoisotopic (exact) mass is 260 g/mol. The first-order valence-electron chi connectivity index (χ1n) is 5.32. The number of rotatable bonds is 3. The second kappa shape index (κ2) is 4.40. The number of carbonyl (C=O) groups is 1. The Hall–Kier alpha value is -1.92. The molecule has 1 saturated carbocycles. The lowest BCUT2D eigenvalue weighted by atomic mass is 10.2. The highest BCUT2D eigenvalue weighted by molar-refractivity contribution is 5.97. The summed E-state index contributed by atoms with van der Waals surface area (Å²) in [6.07, 6.45) is -3.22. The fourth-order valence-electron chi connectivity index (χ4n) is 1.45. The molecular weight excluding hydrogens is 249 g/mol. The quantitative estimate of drug-likeness (QED) is 0.821. The van der Waals surface area contributed by atoms with Gasteiger partial charge >= 0.3 is 6.36 Å². The van der Waals surface area contributed by atoms with Gasteiger partial charge in [0.05, 0.1) is 11.4 Å². The average molecular weight is 260 g/mol. The summed E-state index contributed by atoms with van der Waals surface area (Å²) >= 11 is 0. The van der Waals surface area contributed by atoms with E-state index in [1.165, 1.54) is 12.1 Å². The van der Waals surface area contributed by atoms with Crippen molar-refractivity contribution in [3.63, 3.8) is 0 Å². The highest BCUT2D eigenvalue weighted by atomic mass is 19.4. The number of amides is 1. The van der Waals surface area contributed by atoms with Crippen LogP contribution in [0.25, 0.3) is 0 Å². The third-order valence-corrected chi connectivity index (χ3v) is 2.50. The SMILES string of the molecule is Nc1c(NC(=O)C2CC2)cccc1OC(F)(F)F. The number of benzene rings is 1. The molecule has 4 nitrogen and oxygen atoms in total. The van der Waals surface area contributed by atoms with Crippen molar-refractivity contribution < 1.29 is 22.7 Å². The molecule has 0 unspecified atom stereocenters. The molecule has 2 rings (SSSR count). The van der Waals surface area contributed by atoms with Crippen molar-refractivity contribution in [1.82, 2.24) is 0 Å². The zero-order chi connectivity index (χ0) is 13.3. The lowest BCUT2D eigenvalue weighted by Crippen LogP contribution is -2.19. The number of nitrogens with one attached hydrogen (secondary N) is 1. The Morgan fingerprint density at radius 2 is 2.06 bits per heavy atom. The first-order chi connectivity index (χ1) is 8.37. The van der Waals surface area contributed by atoms with Gasteiger partial charge < -0.3 is 15.8 Å². The molecule has 0 atom stereocenters. The van der Waals surface area contributed by atoms with Crippen LogP contribution in [0.15, 0.2) is 18.2 Å². The van der Waals surface area contributed by atoms with Gasteiger partial charge in [0.1, 0.15) is 0 Å². The van der Waals surface area contributed by atoms with Crippen LogP contribution in [0.3, 0.4) is 0 Å². The summed E-state index contributed by atoms with van der Waals surface area (Å²) in [7, 11) is 0. The van der Waals surface area contributed by atoms with Crippen LogP contribution in [0.4, 0.5) is 24.5 Å². The Kier molecular flexibility index (Phi) is 3.06. The number of para-hydroxylation sites is 1. The zero-order valence-corrected chi connectivity index (χ0v) is 9.25. The van der Waals surface area contributed by atoms with Crippen molar-refractivity contribution in [2.45, 2.75) is 19.2 Å². The van der Waals surface area contributed by atoms with Crippen LogP contribution in [-0.2, 0) is 4.79 Å². The summed E-state index contributed by atoms with van der Waals surface area (Å²) < 4.78 is 40.0. The normalized spacial score (nSPS) is 15.3. The summed E-state index contributed by atoms with van der Waals surface area (Å²) in [5.41, 5.74) is 5.42. The van der Waals surface area contributed by atoms with Crippen molar-refractivity contribution in [3.05, 3.63) is 18.2 Å². The maximum absolute atomic E-state index is 12.1. The molecule has 0 aromatic heterocycles. The first-order valence-corrected chi connectivity index (χ1v) is 5.32. The van der Waals surface area contributed by atoms with Gasteiger partial charge in [-0.1, -0.05) is 6.07 Å². The maximum Gasteiger partial charge on any atom is 0.573 e. The standard InChI is InChI=1S/C11H11F3N2O2/c12-11(13,14)18-8-3-1-2-7(9(8)15)16-10(17)6-4-5-6/h1-3,6H,4-5,15H2,(H,16,17). The van der Waals surface area contributed by atoms with E-state index >= 15 is 0 Å². The summed E-state index contributed by atoms with van der Waals surface area (Å²) in [4.78, 5) is 11.5. The van der Waals surface area contributed by atoms with Gasteiger partial charge in [-0.2, -0.15) is 0 Å². The molecule has 0 radical (unpaired) electrons. The van der Waals surface area contributed by atoms with Crippen molar-refractivity contribution in [2.24, 2.45) is 5.92 Å². The molecule has 0 bridgehead atoms. The number of nitrogen functional groups attached to an aromatic ring is 1. The molecule has 1 amide bonds. The van der Waals surface area contributed by atoms with E-state index in [0.717, 1.165) is 18.9 Å². The van der Waals surface area contributed by atoms with Gasteiger partial charge in [0.25, 0.3) is 0 Å². The average Bonchev–Trinajstić information content (AvgIpc) is 3.05. The molecule has 0 saturated heterocycles. The Morgan fingerprint density at radius 1 is 1.39 bits per heavy atom.